The van der Waals surface area contributed by atoms with E-state index in [1.165, 1.54) is 23.1 Å². The second-order valence-corrected chi connectivity index (χ2v) is 4.10. The number of hydrogen-bond acceptors (Lipinski definition) is 1. The quantitative estimate of drug-likeness (QED) is 0.652. The van der Waals surface area contributed by atoms with Gasteiger partial charge in [-0.2, -0.15) is 0 Å². The van der Waals surface area contributed by atoms with Gasteiger partial charge in [0.25, 0.3) is 0 Å². The predicted octanol–water partition coefficient (Wildman–Crippen LogP) is 2.82. The molecule has 0 unspecified atom stereocenters. The van der Waals surface area contributed by atoms with Gasteiger partial charge >= 0.3 is 0 Å². The van der Waals surface area contributed by atoms with Crippen molar-refractivity contribution in [2.45, 2.75) is 26.8 Å². The summed E-state index contributed by atoms with van der Waals surface area (Å²) in [4.78, 5) is 4.25. The Balaban J connectivity index is 2.23. The highest BCUT2D eigenvalue weighted by atomic mass is 14.7. The van der Waals surface area contributed by atoms with Crippen LogP contribution in [0.15, 0.2) is 23.2 Å². The molecule has 0 atom stereocenters. The van der Waals surface area contributed by atoms with Gasteiger partial charge in [-0.1, -0.05) is 32.0 Å². The van der Waals surface area contributed by atoms with Crippen molar-refractivity contribution in [2.75, 3.05) is 0 Å². The van der Waals surface area contributed by atoms with Crippen molar-refractivity contribution < 1.29 is 0 Å². The van der Waals surface area contributed by atoms with E-state index in [0.29, 0.717) is 0 Å². The topological polar surface area (TPSA) is 12.4 Å². The van der Waals surface area contributed by atoms with Gasteiger partial charge in [0.1, 0.15) is 0 Å². The fourth-order valence-electron chi connectivity index (χ4n) is 1.76. The van der Waals surface area contributed by atoms with Gasteiger partial charge in [-0.3, -0.25) is 4.99 Å². The number of aliphatic imine (C=N–C) groups is 1. The van der Waals surface area contributed by atoms with Crippen LogP contribution in [0.5, 0.6) is 0 Å². The van der Waals surface area contributed by atoms with Gasteiger partial charge in [0.05, 0.1) is 6.54 Å². The van der Waals surface area contributed by atoms with Gasteiger partial charge in [-0.15, -0.1) is 0 Å². The molecule has 0 amide bonds. The number of rotatable bonds is 2. The average molecular weight is 173 g/mol. The van der Waals surface area contributed by atoms with E-state index in [0.717, 1.165) is 12.5 Å². The van der Waals surface area contributed by atoms with Gasteiger partial charge in [0, 0.05) is 6.21 Å². The molecule has 0 N–H and O–H groups in total. The van der Waals surface area contributed by atoms with E-state index in [2.05, 4.69) is 37.0 Å². The summed E-state index contributed by atoms with van der Waals surface area (Å²) >= 11 is 0. The van der Waals surface area contributed by atoms with Crippen molar-refractivity contribution in [1.29, 1.82) is 0 Å². The minimum absolute atomic E-state index is 0.736. The first kappa shape index (κ1) is 8.49. The Morgan fingerprint density at radius 1 is 1.38 bits per heavy atom. The molecule has 0 aliphatic carbocycles. The van der Waals surface area contributed by atoms with Crippen LogP contribution in [0.25, 0.3) is 0 Å². The maximum Gasteiger partial charge on any atom is 0.0646 e. The minimum Gasteiger partial charge on any atom is -0.288 e. The van der Waals surface area contributed by atoms with Gasteiger partial charge < -0.3 is 0 Å². The number of nitrogens with zero attached hydrogens (tertiary/aromatic N) is 1. The fourth-order valence-corrected chi connectivity index (χ4v) is 1.76. The molecule has 0 saturated heterocycles. The highest BCUT2D eigenvalue weighted by Gasteiger charge is 2.06. The lowest BCUT2D eigenvalue weighted by Gasteiger charge is -2.06. The van der Waals surface area contributed by atoms with Crippen molar-refractivity contribution >= 4 is 6.21 Å². The predicted molar refractivity (Wildman–Crippen MR) is 56.3 cm³/mol. The molecular formula is C12H15N. The Morgan fingerprint density at radius 2 is 2.23 bits per heavy atom. The molecule has 1 aliphatic heterocycles. The first-order chi connectivity index (χ1) is 6.25. The van der Waals surface area contributed by atoms with Crippen molar-refractivity contribution in [3.05, 3.63) is 34.9 Å². The summed E-state index contributed by atoms with van der Waals surface area (Å²) in [5.41, 5.74) is 4.13. The Morgan fingerprint density at radius 3 is 3.00 bits per heavy atom. The van der Waals surface area contributed by atoms with Crippen LogP contribution in [0.3, 0.4) is 0 Å². The van der Waals surface area contributed by atoms with Crippen molar-refractivity contribution in [3.63, 3.8) is 0 Å². The summed E-state index contributed by atoms with van der Waals surface area (Å²) in [6.07, 6.45) is 3.14. The zero-order chi connectivity index (χ0) is 9.26. The molecule has 1 aliphatic rings. The van der Waals surface area contributed by atoms with E-state index < -0.39 is 0 Å². The van der Waals surface area contributed by atoms with Crippen molar-refractivity contribution in [1.82, 2.24) is 0 Å². The number of fused-ring (bicyclic) bond motifs is 1. The molecule has 0 saturated carbocycles. The molecule has 1 heterocycles. The molecule has 13 heavy (non-hydrogen) atoms. The highest BCUT2D eigenvalue weighted by molar-refractivity contribution is 5.84. The maximum absolute atomic E-state index is 4.25. The molecule has 2 rings (SSSR count). The molecule has 1 aromatic rings. The summed E-state index contributed by atoms with van der Waals surface area (Å²) in [6, 6.07) is 6.70. The lowest BCUT2D eigenvalue weighted by atomic mass is 9.99. The van der Waals surface area contributed by atoms with E-state index in [-0.39, 0.29) is 0 Å². The van der Waals surface area contributed by atoms with E-state index in [4.69, 9.17) is 0 Å². The third-order valence-corrected chi connectivity index (χ3v) is 2.34. The second-order valence-electron chi connectivity index (χ2n) is 4.10. The average Bonchev–Trinajstić information content (AvgIpc) is 2.49. The van der Waals surface area contributed by atoms with Crippen LogP contribution in [0, 0.1) is 5.92 Å². The van der Waals surface area contributed by atoms with Crippen LogP contribution < -0.4 is 0 Å². The maximum atomic E-state index is 4.25. The lowest BCUT2D eigenvalue weighted by molar-refractivity contribution is 0.647. The van der Waals surface area contributed by atoms with Crippen LogP contribution in [-0.4, -0.2) is 6.21 Å². The molecule has 0 aromatic heterocycles. The van der Waals surface area contributed by atoms with Crippen molar-refractivity contribution in [2.24, 2.45) is 10.9 Å². The monoisotopic (exact) mass is 173 g/mol. The Hall–Kier alpha value is -1.11. The smallest absolute Gasteiger partial charge is 0.0646 e. The molecule has 68 valence electrons. The van der Waals surface area contributed by atoms with Crippen molar-refractivity contribution in [3.8, 4) is 0 Å². The fraction of sp³-hybridized carbons (Fsp3) is 0.417. The minimum atomic E-state index is 0.736. The van der Waals surface area contributed by atoms with E-state index >= 15 is 0 Å². The summed E-state index contributed by atoms with van der Waals surface area (Å²) in [5.74, 6) is 0.736. The van der Waals surface area contributed by atoms with Gasteiger partial charge in [-0.05, 0) is 29.0 Å². The van der Waals surface area contributed by atoms with Crippen LogP contribution in [0.2, 0.25) is 0 Å². The normalized spacial score (nSPS) is 13.8. The standard InChI is InChI=1S/C12H15N/c1-9(2)5-10-3-4-11-7-13-8-12(11)6-10/h3-4,6-7,9H,5,8H2,1-2H3. The van der Waals surface area contributed by atoms with Gasteiger partial charge in [0.2, 0.25) is 0 Å². The molecule has 0 spiro atoms. The Kier molecular flexibility index (Phi) is 2.17. The Labute approximate surface area is 79.5 Å². The number of benzene rings is 1. The third kappa shape index (κ3) is 1.80. The first-order valence-electron chi connectivity index (χ1n) is 4.87. The summed E-state index contributed by atoms with van der Waals surface area (Å²) in [5, 5.41) is 0. The largest absolute Gasteiger partial charge is 0.288 e. The van der Waals surface area contributed by atoms with Gasteiger partial charge in [-0.25, -0.2) is 0 Å². The molecule has 1 heteroatoms. The van der Waals surface area contributed by atoms with Crippen LogP contribution >= 0.6 is 0 Å². The van der Waals surface area contributed by atoms with Crippen LogP contribution in [0.4, 0.5) is 0 Å². The highest BCUT2D eigenvalue weighted by Crippen LogP contribution is 2.18. The van der Waals surface area contributed by atoms with E-state index in [9.17, 15) is 0 Å². The van der Waals surface area contributed by atoms with Crippen LogP contribution in [0.1, 0.15) is 30.5 Å². The first-order valence-corrected chi connectivity index (χ1v) is 4.87. The summed E-state index contributed by atoms with van der Waals surface area (Å²) in [6.45, 7) is 5.38. The summed E-state index contributed by atoms with van der Waals surface area (Å²) in [7, 11) is 0. The van der Waals surface area contributed by atoms with Gasteiger partial charge in [0.15, 0.2) is 0 Å². The van der Waals surface area contributed by atoms with E-state index in [1.54, 1.807) is 0 Å². The molecule has 0 radical (unpaired) electrons. The SMILES string of the molecule is CC(C)Cc1ccc2c(c1)CN=C2. The summed E-state index contributed by atoms with van der Waals surface area (Å²) < 4.78 is 0. The van der Waals surface area contributed by atoms with E-state index in [1.807, 2.05) is 6.21 Å². The molecule has 0 fully saturated rings. The second kappa shape index (κ2) is 3.33. The Bertz CT molecular complexity index is 337. The number of hydrogen-bond donors (Lipinski definition) is 0. The molecule has 1 nitrogen and oxygen atoms in total. The third-order valence-electron chi connectivity index (χ3n) is 2.34. The van der Waals surface area contributed by atoms with Crippen LogP contribution in [-0.2, 0) is 13.0 Å². The zero-order valence-electron chi connectivity index (χ0n) is 8.25. The molecular weight excluding hydrogens is 158 g/mol. The lowest BCUT2D eigenvalue weighted by Crippen LogP contribution is -1.95. The molecule has 0 bridgehead atoms. The molecule has 1 aromatic carbocycles. The zero-order valence-corrected chi connectivity index (χ0v) is 8.25.